The van der Waals surface area contributed by atoms with Crippen molar-refractivity contribution in [2.24, 2.45) is 5.73 Å². The van der Waals surface area contributed by atoms with Gasteiger partial charge in [0.1, 0.15) is 5.78 Å². The number of carbonyl (C=O) groups excluding carboxylic acids is 1. The zero-order chi connectivity index (χ0) is 9.78. The number of hydrogen-bond donors (Lipinski definition) is 3. The van der Waals surface area contributed by atoms with E-state index in [1.165, 1.54) is 6.92 Å². The smallest absolute Gasteiger partial charge is 0.342 e. The second-order valence-electron chi connectivity index (χ2n) is 2.29. The van der Waals surface area contributed by atoms with Gasteiger partial charge in [0, 0.05) is 13.3 Å². The lowest BCUT2D eigenvalue weighted by atomic mass is 10.4. The fourth-order valence-electron chi connectivity index (χ4n) is 0.492. The average Bonchev–Trinajstić information content (AvgIpc) is 1.84. The van der Waals surface area contributed by atoms with Crippen LogP contribution in [0.5, 0.6) is 0 Å². The Labute approximate surface area is 69.9 Å². The van der Waals surface area contributed by atoms with E-state index in [9.17, 15) is 9.36 Å². The Morgan fingerprint density at radius 3 is 2.50 bits per heavy atom. The summed E-state index contributed by atoms with van der Waals surface area (Å²) in [6.07, 6.45) is -0.0378. The zero-order valence-electron chi connectivity index (χ0n) is 6.64. The molecule has 0 saturated carbocycles. The van der Waals surface area contributed by atoms with E-state index >= 15 is 0 Å². The third kappa shape index (κ3) is 5.26. The summed E-state index contributed by atoms with van der Waals surface area (Å²) < 4.78 is 14.9. The quantitative estimate of drug-likeness (QED) is 0.410. The summed E-state index contributed by atoms with van der Waals surface area (Å²) in [5, 5.41) is 0. The molecule has 12 heavy (non-hydrogen) atoms. The van der Waals surface area contributed by atoms with E-state index in [0.717, 1.165) is 0 Å². The molecular weight excluding hydrogens is 185 g/mol. The number of carbonyl (C=O) groups is 1. The van der Waals surface area contributed by atoms with Gasteiger partial charge >= 0.3 is 13.6 Å². The predicted octanol–water partition coefficient (Wildman–Crippen LogP) is -0.598. The first-order valence-electron chi connectivity index (χ1n) is 3.28. The Bertz CT molecular complexity index is 200. The van der Waals surface area contributed by atoms with Gasteiger partial charge in [-0.3, -0.25) is 9.36 Å². The molecule has 0 aromatic rings. The van der Waals surface area contributed by atoms with Crippen molar-refractivity contribution < 1.29 is 23.9 Å². The molecular formula is C5H12NO5P. The van der Waals surface area contributed by atoms with Gasteiger partial charge in [-0.15, -0.1) is 0 Å². The Morgan fingerprint density at radius 1 is 1.67 bits per heavy atom. The van der Waals surface area contributed by atoms with E-state index in [0.29, 0.717) is 0 Å². The number of esters is 1. The van der Waals surface area contributed by atoms with E-state index in [1.807, 2.05) is 0 Å². The van der Waals surface area contributed by atoms with Gasteiger partial charge in [0.2, 0.25) is 0 Å². The lowest BCUT2D eigenvalue weighted by Gasteiger charge is -2.12. The first-order valence-corrected chi connectivity index (χ1v) is 4.96. The molecule has 0 radical (unpaired) electrons. The lowest BCUT2D eigenvalue weighted by Crippen LogP contribution is -2.22. The Morgan fingerprint density at radius 2 is 2.17 bits per heavy atom. The Hall–Kier alpha value is -0.420. The first kappa shape index (κ1) is 11.6. The van der Waals surface area contributed by atoms with Crippen LogP contribution < -0.4 is 5.73 Å². The van der Waals surface area contributed by atoms with Gasteiger partial charge in [-0.25, -0.2) is 0 Å². The molecule has 6 nitrogen and oxygen atoms in total. The maximum Gasteiger partial charge on any atom is 0.342 e. The SMILES string of the molecule is CC(=O)OCCC(N)P(=O)(O)O. The van der Waals surface area contributed by atoms with Crippen LogP contribution in [-0.4, -0.2) is 28.1 Å². The fraction of sp³-hybridized carbons (Fsp3) is 0.800. The molecule has 0 aromatic carbocycles. The predicted molar refractivity (Wildman–Crippen MR) is 41.3 cm³/mol. The van der Waals surface area contributed by atoms with Crippen LogP contribution in [0.4, 0.5) is 0 Å². The molecule has 0 rings (SSSR count). The van der Waals surface area contributed by atoms with Crippen LogP contribution in [0, 0.1) is 0 Å². The number of ether oxygens (including phenoxy) is 1. The van der Waals surface area contributed by atoms with Gasteiger partial charge < -0.3 is 20.3 Å². The highest BCUT2D eigenvalue weighted by Crippen LogP contribution is 2.39. The summed E-state index contributed by atoms with van der Waals surface area (Å²) in [5.41, 5.74) is 5.08. The highest BCUT2D eigenvalue weighted by Gasteiger charge is 2.24. The largest absolute Gasteiger partial charge is 0.466 e. The average molecular weight is 197 g/mol. The standard InChI is InChI=1S/C5H12NO5P/c1-4(7)11-3-2-5(6)12(8,9)10/h5H,2-3,6H2,1H3,(H2,8,9,10). The summed E-state index contributed by atoms with van der Waals surface area (Å²) in [5.74, 6) is -1.75. The molecule has 0 saturated heterocycles. The lowest BCUT2D eigenvalue weighted by molar-refractivity contribution is -0.141. The molecule has 4 N–H and O–H groups in total. The summed E-state index contributed by atoms with van der Waals surface area (Å²) in [4.78, 5) is 27.2. The fourth-order valence-corrected chi connectivity index (χ4v) is 0.933. The monoisotopic (exact) mass is 197 g/mol. The molecule has 0 aliphatic heterocycles. The first-order chi connectivity index (χ1) is 5.34. The number of rotatable bonds is 4. The van der Waals surface area contributed by atoms with Gasteiger partial charge in [-0.1, -0.05) is 0 Å². The van der Waals surface area contributed by atoms with Gasteiger partial charge in [-0.2, -0.15) is 0 Å². The molecule has 0 aromatic heterocycles. The molecule has 0 aliphatic rings. The maximum atomic E-state index is 10.4. The van der Waals surface area contributed by atoms with Crippen molar-refractivity contribution in [1.29, 1.82) is 0 Å². The second-order valence-corrected chi connectivity index (χ2v) is 4.13. The van der Waals surface area contributed by atoms with Crippen LogP contribution in [0.2, 0.25) is 0 Å². The minimum absolute atomic E-state index is 0.0378. The van der Waals surface area contributed by atoms with Crippen molar-refractivity contribution in [2.75, 3.05) is 6.61 Å². The van der Waals surface area contributed by atoms with Crippen molar-refractivity contribution in [1.82, 2.24) is 0 Å². The van der Waals surface area contributed by atoms with Crippen molar-refractivity contribution in [2.45, 2.75) is 19.1 Å². The van der Waals surface area contributed by atoms with Crippen LogP contribution in [0.15, 0.2) is 0 Å². The van der Waals surface area contributed by atoms with Crippen LogP contribution in [0.3, 0.4) is 0 Å². The minimum Gasteiger partial charge on any atom is -0.466 e. The molecule has 1 atom stereocenters. The second kappa shape index (κ2) is 4.57. The topological polar surface area (TPSA) is 110 Å². The molecule has 0 heterocycles. The maximum absolute atomic E-state index is 10.4. The summed E-state index contributed by atoms with van der Waals surface area (Å²) in [6, 6.07) is 0. The van der Waals surface area contributed by atoms with Crippen LogP contribution in [0.1, 0.15) is 13.3 Å². The zero-order valence-corrected chi connectivity index (χ0v) is 7.53. The molecule has 0 amide bonds. The number of nitrogens with two attached hydrogens (primary N) is 1. The van der Waals surface area contributed by atoms with Crippen molar-refractivity contribution in [3.63, 3.8) is 0 Å². The van der Waals surface area contributed by atoms with Gasteiger partial charge in [0.05, 0.1) is 6.61 Å². The van der Waals surface area contributed by atoms with Crippen LogP contribution in [-0.2, 0) is 14.1 Å². The molecule has 0 aliphatic carbocycles. The van der Waals surface area contributed by atoms with Crippen LogP contribution >= 0.6 is 7.60 Å². The highest BCUT2D eigenvalue weighted by atomic mass is 31.2. The summed E-state index contributed by atoms with van der Waals surface area (Å²) >= 11 is 0. The molecule has 0 bridgehead atoms. The van der Waals surface area contributed by atoms with Gasteiger partial charge in [0.15, 0.2) is 0 Å². The van der Waals surface area contributed by atoms with Gasteiger partial charge in [0.25, 0.3) is 0 Å². The van der Waals surface area contributed by atoms with Gasteiger partial charge in [-0.05, 0) is 0 Å². The van der Waals surface area contributed by atoms with E-state index in [2.05, 4.69) is 4.74 Å². The molecule has 7 heteroatoms. The minimum atomic E-state index is -4.23. The van der Waals surface area contributed by atoms with E-state index in [4.69, 9.17) is 15.5 Å². The Kier molecular flexibility index (Phi) is 4.41. The third-order valence-corrected chi connectivity index (χ3v) is 2.27. The van der Waals surface area contributed by atoms with E-state index < -0.39 is 19.3 Å². The van der Waals surface area contributed by atoms with Crippen molar-refractivity contribution in [3.8, 4) is 0 Å². The molecule has 0 spiro atoms. The molecule has 1 unspecified atom stereocenters. The van der Waals surface area contributed by atoms with Crippen LogP contribution in [0.25, 0.3) is 0 Å². The normalized spacial score (nSPS) is 14.0. The van der Waals surface area contributed by atoms with E-state index in [-0.39, 0.29) is 13.0 Å². The third-order valence-electron chi connectivity index (χ3n) is 1.15. The molecule has 0 fully saturated rings. The Balaban J connectivity index is 3.65. The van der Waals surface area contributed by atoms with Crippen molar-refractivity contribution in [3.05, 3.63) is 0 Å². The van der Waals surface area contributed by atoms with E-state index in [1.54, 1.807) is 0 Å². The summed E-state index contributed by atoms with van der Waals surface area (Å²) in [6.45, 7) is 1.14. The highest BCUT2D eigenvalue weighted by molar-refractivity contribution is 7.52. The summed E-state index contributed by atoms with van der Waals surface area (Å²) in [7, 11) is -4.23. The molecule has 72 valence electrons. The number of hydrogen-bond acceptors (Lipinski definition) is 4. The van der Waals surface area contributed by atoms with Crippen molar-refractivity contribution >= 4 is 13.6 Å².